The second-order valence-electron chi connectivity index (χ2n) is 7.02. The Morgan fingerprint density at radius 3 is 2.35 bits per heavy atom. The van der Waals surface area contributed by atoms with Gasteiger partial charge in [-0.1, -0.05) is 0 Å². The summed E-state index contributed by atoms with van der Waals surface area (Å²) in [6.45, 7) is 1.42. The van der Waals surface area contributed by atoms with E-state index in [4.69, 9.17) is 14.6 Å². The molecule has 0 bridgehead atoms. The number of benzene rings is 1. The fourth-order valence-corrected chi connectivity index (χ4v) is 3.98. The Labute approximate surface area is 148 Å². The van der Waals surface area contributed by atoms with Gasteiger partial charge in [0.15, 0.2) is 11.5 Å². The lowest BCUT2D eigenvalue weighted by Gasteiger charge is -2.32. The molecule has 2 heterocycles. The first-order valence-electron chi connectivity index (χ1n) is 8.51. The number of hydrogen-bond donors (Lipinski definition) is 1. The van der Waals surface area contributed by atoms with Crippen molar-refractivity contribution in [2.24, 2.45) is 11.3 Å². The van der Waals surface area contributed by atoms with Crippen molar-refractivity contribution in [2.75, 3.05) is 26.3 Å². The Morgan fingerprint density at radius 2 is 1.81 bits per heavy atom. The lowest BCUT2D eigenvalue weighted by atomic mass is 9.90. The third-order valence-corrected chi connectivity index (χ3v) is 5.62. The predicted octanol–water partition coefficient (Wildman–Crippen LogP) is 1.69. The quantitative estimate of drug-likeness (QED) is 0.642. The fourth-order valence-electron chi connectivity index (χ4n) is 3.98. The van der Waals surface area contributed by atoms with E-state index < -0.39 is 16.8 Å². The summed E-state index contributed by atoms with van der Waals surface area (Å²) in [7, 11) is 0. The largest absolute Gasteiger partial charge is 0.486 e. The van der Waals surface area contributed by atoms with E-state index in [1.54, 1.807) is 4.90 Å². The van der Waals surface area contributed by atoms with Crippen LogP contribution in [-0.2, 0) is 4.79 Å². The number of fused-ring (bicyclic) bond motifs is 1. The molecule has 1 N–H and O–H groups in total. The van der Waals surface area contributed by atoms with Crippen LogP contribution in [0.3, 0.4) is 0 Å². The number of piperidine rings is 1. The number of amides is 1. The van der Waals surface area contributed by atoms with Crippen LogP contribution in [0, 0.1) is 21.4 Å². The molecule has 1 saturated heterocycles. The van der Waals surface area contributed by atoms with Crippen LogP contribution >= 0.6 is 0 Å². The van der Waals surface area contributed by atoms with Crippen molar-refractivity contribution in [1.82, 2.24) is 4.90 Å². The standard InChI is InChI=1S/C17H18N2O7/c20-15(18-3-1-17(2-4-18)9-11(17)16(21)22)10-7-13-14(26-6-5-25-13)8-12(10)19(23)24/h7-8,11H,1-6,9H2,(H,21,22). The third kappa shape index (κ3) is 2.63. The average molecular weight is 362 g/mol. The van der Waals surface area contributed by atoms with Gasteiger partial charge in [-0.25, -0.2) is 0 Å². The molecule has 1 amide bonds. The van der Waals surface area contributed by atoms with Crippen molar-refractivity contribution in [3.63, 3.8) is 0 Å². The molecule has 0 radical (unpaired) electrons. The summed E-state index contributed by atoms with van der Waals surface area (Å²) in [6, 6.07) is 2.60. The Morgan fingerprint density at radius 1 is 1.19 bits per heavy atom. The Balaban J connectivity index is 1.55. The second kappa shape index (κ2) is 5.86. The summed E-state index contributed by atoms with van der Waals surface area (Å²) in [5, 5.41) is 20.6. The van der Waals surface area contributed by atoms with Crippen LogP contribution < -0.4 is 9.47 Å². The number of nitro benzene ring substituents is 1. The number of carbonyl (C=O) groups excluding carboxylic acids is 1. The van der Waals surface area contributed by atoms with Crippen molar-refractivity contribution >= 4 is 17.6 Å². The van der Waals surface area contributed by atoms with Gasteiger partial charge in [0.1, 0.15) is 18.8 Å². The van der Waals surface area contributed by atoms with Gasteiger partial charge >= 0.3 is 5.97 Å². The van der Waals surface area contributed by atoms with E-state index in [-0.39, 0.29) is 28.3 Å². The van der Waals surface area contributed by atoms with E-state index in [1.807, 2.05) is 0 Å². The molecule has 1 aromatic carbocycles. The molecular weight excluding hydrogens is 344 g/mol. The van der Waals surface area contributed by atoms with Crippen LogP contribution in [0.1, 0.15) is 29.6 Å². The minimum Gasteiger partial charge on any atom is -0.486 e. The van der Waals surface area contributed by atoms with Gasteiger partial charge in [-0.15, -0.1) is 0 Å². The number of carboxylic acid groups (broad SMARTS) is 1. The number of nitro groups is 1. The number of carboxylic acids is 1. The molecule has 1 atom stereocenters. The van der Waals surface area contributed by atoms with Crippen molar-refractivity contribution in [3.05, 3.63) is 27.8 Å². The van der Waals surface area contributed by atoms with Gasteiger partial charge in [-0.05, 0) is 24.7 Å². The van der Waals surface area contributed by atoms with E-state index >= 15 is 0 Å². The highest BCUT2D eigenvalue weighted by atomic mass is 16.6. The normalized spacial score (nSPS) is 22.8. The van der Waals surface area contributed by atoms with E-state index in [2.05, 4.69) is 0 Å². The van der Waals surface area contributed by atoms with Crippen molar-refractivity contribution in [3.8, 4) is 11.5 Å². The molecular formula is C17H18N2O7. The van der Waals surface area contributed by atoms with Crippen molar-refractivity contribution in [1.29, 1.82) is 0 Å². The molecule has 1 aliphatic carbocycles. The Kier molecular flexibility index (Phi) is 3.74. The zero-order valence-corrected chi connectivity index (χ0v) is 14.0. The highest BCUT2D eigenvalue weighted by Gasteiger charge is 2.59. The van der Waals surface area contributed by atoms with Crippen LogP contribution in [0.15, 0.2) is 12.1 Å². The molecule has 4 rings (SSSR count). The summed E-state index contributed by atoms with van der Waals surface area (Å²) >= 11 is 0. The fraction of sp³-hybridized carbons (Fsp3) is 0.529. The first-order valence-corrected chi connectivity index (χ1v) is 8.51. The highest BCUT2D eigenvalue weighted by Crippen LogP contribution is 2.59. The summed E-state index contributed by atoms with van der Waals surface area (Å²) in [5.74, 6) is -0.960. The molecule has 138 valence electrons. The van der Waals surface area contributed by atoms with Gasteiger partial charge in [0.2, 0.25) is 0 Å². The van der Waals surface area contributed by atoms with E-state index in [1.165, 1.54) is 12.1 Å². The molecule has 1 unspecified atom stereocenters. The highest BCUT2D eigenvalue weighted by molar-refractivity contribution is 5.99. The number of rotatable bonds is 3. The summed E-state index contributed by atoms with van der Waals surface area (Å²) in [4.78, 5) is 36.4. The molecule has 0 aromatic heterocycles. The van der Waals surface area contributed by atoms with Gasteiger partial charge in [0, 0.05) is 19.2 Å². The topological polar surface area (TPSA) is 119 Å². The Bertz CT molecular complexity index is 799. The molecule has 2 aliphatic heterocycles. The molecule has 26 heavy (non-hydrogen) atoms. The smallest absolute Gasteiger partial charge is 0.307 e. The molecule has 2 fully saturated rings. The van der Waals surface area contributed by atoms with Crippen LogP contribution in [0.2, 0.25) is 0 Å². The maximum atomic E-state index is 12.9. The molecule has 9 heteroatoms. The number of hydrogen-bond acceptors (Lipinski definition) is 6. The maximum Gasteiger partial charge on any atom is 0.307 e. The third-order valence-electron chi connectivity index (χ3n) is 5.62. The summed E-state index contributed by atoms with van der Waals surface area (Å²) in [5.41, 5.74) is -0.545. The number of nitrogens with zero attached hydrogens (tertiary/aromatic N) is 2. The monoisotopic (exact) mass is 362 g/mol. The van der Waals surface area contributed by atoms with Gasteiger partial charge in [-0.2, -0.15) is 0 Å². The molecule has 1 aromatic rings. The molecule has 1 spiro atoms. The van der Waals surface area contributed by atoms with Gasteiger partial charge < -0.3 is 19.5 Å². The van der Waals surface area contributed by atoms with Crippen LogP contribution in [0.5, 0.6) is 11.5 Å². The summed E-state index contributed by atoms with van der Waals surface area (Å²) in [6.07, 6.45) is 1.86. The number of carbonyl (C=O) groups is 2. The van der Waals surface area contributed by atoms with Gasteiger partial charge in [-0.3, -0.25) is 19.7 Å². The zero-order valence-electron chi connectivity index (χ0n) is 14.0. The van der Waals surface area contributed by atoms with E-state index in [0.717, 1.165) is 0 Å². The lowest BCUT2D eigenvalue weighted by Crippen LogP contribution is -2.40. The van der Waals surface area contributed by atoms with Crippen LogP contribution in [0.4, 0.5) is 5.69 Å². The van der Waals surface area contributed by atoms with Crippen molar-refractivity contribution < 1.29 is 29.1 Å². The summed E-state index contributed by atoms with van der Waals surface area (Å²) < 4.78 is 10.8. The lowest BCUT2D eigenvalue weighted by molar-refractivity contribution is -0.385. The van der Waals surface area contributed by atoms with E-state index in [0.29, 0.717) is 51.3 Å². The number of likely N-dealkylation sites (tertiary alicyclic amines) is 1. The van der Waals surface area contributed by atoms with Gasteiger partial charge in [0.25, 0.3) is 11.6 Å². The second-order valence-corrected chi connectivity index (χ2v) is 7.02. The van der Waals surface area contributed by atoms with Crippen LogP contribution in [-0.4, -0.2) is 53.1 Å². The number of ether oxygens (including phenoxy) is 2. The molecule has 9 nitrogen and oxygen atoms in total. The maximum absolute atomic E-state index is 12.9. The zero-order chi connectivity index (χ0) is 18.5. The minimum atomic E-state index is -0.785. The average Bonchev–Trinajstić information content (AvgIpc) is 3.34. The van der Waals surface area contributed by atoms with E-state index in [9.17, 15) is 19.7 Å². The minimum absolute atomic E-state index is 0.0271. The molecule has 1 saturated carbocycles. The predicted molar refractivity (Wildman–Crippen MR) is 87.4 cm³/mol. The molecule has 3 aliphatic rings. The SMILES string of the molecule is O=C(O)C1CC12CCN(C(=O)c1cc3c(cc1[N+](=O)[O-])OCCO3)CC2. The van der Waals surface area contributed by atoms with Crippen LogP contribution in [0.25, 0.3) is 0 Å². The van der Waals surface area contributed by atoms with Gasteiger partial charge in [0.05, 0.1) is 16.9 Å². The number of aliphatic carboxylic acids is 1. The first-order chi connectivity index (χ1) is 12.4. The van der Waals surface area contributed by atoms with Crippen molar-refractivity contribution in [2.45, 2.75) is 19.3 Å². The first kappa shape index (κ1) is 16.6. The Hall–Kier alpha value is -2.84.